The highest BCUT2D eigenvalue weighted by atomic mass is 35.5. The molecule has 3 nitrogen and oxygen atoms in total. The van der Waals surface area contributed by atoms with Crippen molar-refractivity contribution >= 4 is 23.2 Å². The van der Waals surface area contributed by atoms with E-state index in [2.05, 4.69) is 24.4 Å². The zero-order chi connectivity index (χ0) is 14.0. The van der Waals surface area contributed by atoms with Crippen molar-refractivity contribution in [3.63, 3.8) is 0 Å². The molecular weight excluding hydrogens is 281 g/mol. The van der Waals surface area contributed by atoms with Crippen molar-refractivity contribution in [2.75, 3.05) is 14.1 Å². The van der Waals surface area contributed by atoms with Gasteiger partial charge in [-0.2, -0.15) is 0 Å². The molecule has 1 unspecified atom stereocenters. The molecule has 0 bridgehead atoms. The van der Waals surface area contributed by atoms with Crippen molar-refractivity contribution < 1.29 is 0 Å². The molecular formula is C14H21Cl2N3. The zero-order valence-electron chi connectivity index (χ0n) is 11.4. The van der Waals surface area contributed by atoms with E-state index in [1.54, 1.807) is 6.07 Å². The number of halogens is 2. The molecule has 0 aliphatic heterocycles. The van der Waals surface area contributed by atoms with Crippen LogP contribution in [0.15, 0.2) is 18.2 Å². The lowest BCUT2D eigenvalue weighted by molar-refractivity contribution is 0.105. The molecule has 1 saturated carbocycles. The van der Waals surface area contributed by atoms with Gasteiger partial charge in [-0.1, -0.05) is 48.2 Å². The first kappa shape index (κ1) is 15.1. The summed E-state index contributed by atoms with van der Waals surface area (Å²) in [4.78, 5) is 2.27. The number of nitrogens with zero attached hydrogens (tertiary/aromatic N) is 1. The van der Waals surface area contributed by atoms with Crippen LogP contribution in [0.1, 0.15) is 37.3 Å². The van der Waals surface area contributed by atoms with E-state index in [4.69, 9.17) is 29.0 Å². The maximum absolute atomic E-state index is 6.37. The first-order valence-corrected chi connectivity index (χ1v) is 7.36. The van der Waals surface area contributed by atoms with Gasteiger partial charge in [0.25, 0.3) is 0 Å². The van der Waals surface area contributed by atoms with Crippen LogP contribution in [0.5, 0.6) is 0 Å². The zero-order valence-corrected chi connectivity index (χ0v) is 12.9. The average molecular weight is 302 g/mol. The number of nitrogens with one attached hydrogen (secondary N) is 1. The Balaban J connectivity index is 2.46. The lowest BCUT2D eigenvalue weighted by Gasteiger charge is -2.43. The summed E-state index contributed by atoms with van der Waals surface area (Å²) < 4.78 is 0. The van der Waals surface area contributed by atoms with Crippen LogP contribution in [-0.4, -0.2) is 24.5 Å². The quantitative estimate of drug-likeness (QED) is 0.662. The van der Waals surface area contributed by atoms with Crippen molar-refractivity contribution in [3.05, 3.63) is 33.8 Å². The lowest BCUT2D eigenvalue weighted by Crippen LogP contribution is -2.53. The molecule has 1 aliphatic rings. The third kappa shape index (κ3) is 2.63. The maximum Gasteiger partial charge on any atom is 0.0658 e. The van der Waals surface area contributed by atoms with Gasteiger partial charge in [0.05, 0.1) is 16.1 Å². The summed E-state index contributed by atoms with van der Waals surface area (Å²) in [6.45, 7) is 0. The van der Waals surface area contributed by atoms with Gasteiger partial charge in [-0.05, 0) is 38.6 Å². The maximum atomic E-state index is 6.37. The first-order chi connectivity index (χ1) is 9.03. The van der Waals surface area contributed by atoms with E-state index in [1.807, 2.05) is 12.1 Å². The highest BCUT2D eigenvalue weighted by Crippen LogP contribution is 2.45. The summed E-state index contributed by atoms with van der Waals surface area (Å²) in [5.41, 5.74) is 3.95. The Morgan fingerprint density at radius 1 is 1.26 bits per heavy atom. The summed E-state index contributed by atoms with van der Waals surface area (Å²) in [7, 11) is 4.21. The van der Waals surface area contributed by atoms with Crippen molar-refractivity contribution in [2.24, 2.45) is 5.84 Å². The monoisotopic (exact) mass is 301 g/mol. The Hall–Kier alpha value is -0.320. The number of hydrazine groups is 1. The largest absolute Gasteiger partial charge is 0.302 e. The van der Waals surface area contributed by atoms with Crippen LogP contribution in [0.2, 0.25) is 10.0 Å². The molecule has 3 N–H and O–H groups in total. The number of nitrogens with two attached hydrogens (primary N) is 1. The number of likely N-dealkylation sites (N-methyl/N-ethyl adjacent to an activating group) is 1. The second-order valence-electron chi connectivity index (χ2n) is 5.45. The van der Waals surface area contributed by atoms with Crippen LogP contribution in [0.25, 0.3) is 0 Å². The predicted octanol–water partition coefficient (Wildman–Crippen LogP) is 3.37. The number of benzene rings is 1. The van der Waals surface area contributed by atoms with Gasteiger partial charge in [0.15, 0.2) is 0 Å². The van der Waals surface area contributed by atoms with E-state index in [0.717, 1.165) is 18.4 Å². The fourth-order valence-electron chi connectivity index (χ4n) is 3.26. The van der Waals surface area contributed by atoms with Crippen molar-refractivity contribution in [3.8, 4) is 0 Å². The van der Waals surface area contributed by atoms with E-state index in [0.29, 0.717) is 10.0 Å². The van der Waals surface area contributed by atoms with Crippen molar-refractivity contribution in [1.29, 1.82) is 0 Å². The smallest absolute Gasteiger partial charge is 0.0658 e. The predicted molar refractivity (Wildman–Crippen MR) is 81.4 cm³/mol. The van der Waals surface area contributed by atoms with Crippen LogP contribution in [0.4, 0.5) is 0 Å². The topological polar surface area (TPSA) is 41.3 Å². The third-order valence-electron chi connectivity index (χ3n) is 4.36. The van der Waals surface area contributed by atoms with E-state index >= 15 is 0 Å². The molecule has 0 saturated heterocycles. The van der Waals surface area contributed by atoms with Gasteiger partial charge in [0, 0.05) is 5.54 Å². The van der Waals surface area contributed by atoms with Crippen LogP contribution in [-0.2, 0) is 0 Å². The molecule has 0 radical (unpaired) electrons. The molecule has 19 heavy (non-hydrogen) atoms. The Labute approximate surface area is 125 Å². The van der Waals surface area contributed by atoms with Gasteiger partial charge in [-0.3, -0.25) is 11.3 Å². The normalized spacial score (nSPS) is 19.9. The minimum absolute atomic E-state index is 0.00305. The summed E-state index contributed by atoms with van der Waals surface area (Å²) in [5, 5.41) is 1.17. The molecule has 0 amide bonds. The van der Waals surface area contributed by atoms with Crippen LogP contribution >= 0.6 is 23.2 Å². The van der Waals surface area contributed by atoms with Crippen LogP contribution in [0.3, 0.4) is 0 Å². The lowest BCUT2D eigenvalue weighted by atomic mass is 9.83. The first-order valence-electron chi connectivity index (χ1n) is 6.60. The minimum atomic E-state index is -0.0174. The molecule has 0 spiro atoms. The molecule has 2 rings (SSSR count). The Bertz CT molecular complexity index is 442. The third-order valence-corrected chi connectivity index (χ3v) is 5.19. The van der Waals surface area contributed by atoms with E-state index in [9.17, 15) is 0 Å². The molecule has 106 valence electrons. The van der Waals surface area contributed by atoms with Gasteiger partial charge in [-0.25, -0.2) is 0 Å². The van der Waals surface area contributed by atoms with E-state index in [1.165, 1.54) is 12.8 Å². The van der Waals surface area contributed by atoms with Crippen molar-refractivity contribution in [2.45, 2.75) is 37.3 Å². The summed E-state index contributed by atoms with van der Waals surface area (Å²) in [6, 6.07) is 5.71. The van der Waals surface area contributed by atoms with Gasteiger partial charge >= 0.3 is 0 Å². The SMILES string of the molecule is CN(C)C1(C(NN)c2cccc(Cl)c2Cl)CCCC1. The van der Waals surface area contributed by atoms with E-state index in [-0.39, 0.29) is 11.6 Å². The molecule has 1 aliphatic carbocycles. The highest BCUT2D eigenvalue weighted by molar-refractivity contribution is 6.42. The number of hydrogen-bond donors (Lipinski definition) is 2. The standard InChI is InChI=1S/C14H21Cl2N3/c1-19(2)14(8-3-4-9-14)13(18-17)10-6-5-7-11(15)12(10)16/h5-7,13,18H,3-4,8-9,17H2,1-2H3. The summed E-state index contributed by atoms with van der Waals surface area (Å²) in [5.74, 6) is 5.85. The van der Waals surface area contributed by atoms with E-state index < -0.39 is 0 Å². The van der Waals surface area contributed by atoms with Crippen molar-refractivity contribution in [1.82, 2.24) is 10.3 Å². The molecule has 1 atom stereocenters. The Morgan fingerprint density at radius 3 is 2.42 bits per heavy atom. The van der Waals surface area contributed by atoms with Gasteiger partial charge in [-0.15, -0.1) is 0 Å². The Kier molecular flexibility index (Phi) is 4.75. The summed E-state index contributed by atoms with van der Waals surface area (Å²) in [6.07, 6.45) is 4.65. The van der Waals surface area contributed by atoms with Crippen LogP contribution < -0.4 is 11.3 Å². The molecule has 5 heteroatoms. The molecule has 0 heterocycles. The Morgan fingerprint density at radius 2 is 1.89 bits per heavy atom. The fourth-order valence-corrected chi connectivity index (χ4v) is 3.68. The van der Waals surface area contributed by atoms with Crippen LogP contribution in [0, 0.1) is 0 Å². The second kappa shape index (κ2) is 5.98. The van der Waals surface area contributed by atoms with Gasteiger partial charge < -0.3 is 4.90 Å². The van der Waals surface area contributed by atoms with Gasteiger partial charge in [0.2, 0.25) is 0 Å². The van der Waals surface area contributed by atoms with Gasteiger partial charge in [0.1, 0.15) is 0 Å². The molecule has 1 aromatic rings. The summed E-state index contributed by atoms with van der Waals surface area (Å²) >= 11 is 12.5. The average Bonchev–Trinajstić information content (AvgIpc) is 2.86. The molecule has 1 fully saturated rings. The molecule has 1 aromatic carbocycles. The second-order valence-corrected chi connectivity index (χ2v) is 6.23. The number of hydrogen-bond acceptors (Lipinski definition) is 3. The highest BCUT2D eigenvalue weighted by Gasteiger charge is 2.44. The molecule has 0 aromatic heterocycles. The number of rotatable bonds is 4. The fraction of sp³-hybridized carbons (Fsp3) is 0.571. The minimum Gasteiger partial charge on any atom is -0.302 e.